The lowest BCUT2D eigenvalue weighted by Gasteiger charge is -2.27. The van der Waals surface area contributed by atoms with Gasteiger partial charge in [-0.15, -0.1) is 0 Å². The number of rotatable bonds is 8. The fraction of sp³-hybridized carbons (Fsp3) is 0.714. The van der Waals surface area contributed by atoms with Crippen LogP contribution in [-0.4, -0.2) is 25.4 Å². The van der Waals surface area contributed by atoms with Gasteiger partial charge in [-0.2, -0.15) is 11.3 Å². The van der Waals surface area contributed by atoms with Crippen LogP contribution in [0.3, 0.4) is 0 Å². The van der Waals surface area contributed by atoms with Crippen molar-refractivity contribution in [3.05, 3.63) is 22.4 Å². The normalized spacial score (nSPS) is 15.6. The molecule has 18 heavy (non-hydrogen) atoms. The van der Waals surface area contributed by atoms with Crippen LogP contribution in [0.25, 0.3) is 0 Å². The molecule has 0 amide bonds. The minimum absolute atomic E-state index is 0.00564. The topological polar surface area (TPSA) is 44.5 Å². The molecule has 2 N–H and O–H groups in total. The van der Waals surface area contributed by atoms with E-state index in [1.54, 1.807) is 18.4 Å². The third-order valence-corrected chi connectivity index (χ3v) is 3.99. The highest BCUT2D eigenvalue weighted by molar-refractivity contribution is 7.07. The van der Waals surface area contributed by atoms with Gasteiger partial charge in [0.05, 0.1) is 18.3 Å². The maximum atomic E-state index is 6.14. The summed E-state index contributed by atoms with van der Waals surface area (Å²) < 4.78 is 11.4. The third kappa shape index (κ3) is 4.69. The molecule has 104 valence electrons. The Morgan fingerprint density at radius 2 is 2.17 bits per heavy atom. The quantitative estimate of drug-likeness (QED) is 0.788. The Labute approximate surface area is 114 Å². The van der Waals surface area contributed by atoms with Crippen molar-refractivity contribution in [2.24, 2.45) is 5.73 Å². The molecule has 0 aliphatic carbocycles. The summed E-state index contributed by atoms with van der Waals surface area (Å²) in [6.45, 7) is 6.88. The standard InChI is InChI=1S/C14H25NO2S/c1-5-12(15)13(11-6-9-18-10-11)17-8-7-14(2,3)16-4/h6,9-10,12-13H,5,7-8,15H2,1-4H3. The van der Waals surface area contributed by atoms with Crippen LogP contribution in [0.5, 0.6) is 0 Å². The highest BCUT2D eigenvalue weighted by Crippen LogP contribution is 2.25. The first-order valence-electron chi connectivity index (χ1n) is 6.44. The molecule has 3 nitrogen and oxygen atoms in total. The molecule has 0 saturated carbocycles. The zero-order chi connectivity index (χ0) is 13.6. The van der Waals surface area contributed by atoms with Crippen molar-refractivity contribution < 1.29 is 9.47 Å². The molecular weight excluding hydrogens is 246 g/mol. The highest BCUT2D eigenvalue weighted by Gasteiger charge is 2.22. The SMILES string of the molecule is CCC(N)C(OCCC(C)(C)OC)c1ccsc1. The lowest BCUT2D eigenvalue weighted by Crippen LogP contribution is -2.31. The summed E-state index contributed by atoms with van der Waals surface area (Å²) in [6.07, 6.45) is 1.77. The van der Waals surface area contributed by atoms with Crippen molar-refractivity contribution in [3.8, 4) is 0 Å². The van der Waals surface area contributed by atoms with Gasteiger partial charge in [-0.05, 0) is 49.1 Å². The molecule has 0 aliphatic heterocycles. The van der Waals surface area contributed by atoms with Crippen LogP contribution in [0.2, 0.25) is 0 Å². The Morgan fingerprint density at radius 1 is 1.44 bits per heavy atom. The molecule has 1 rings (SSSR count). The molecule has 2 unspecified atom stereocenters. The van der Waals surface area contributed by atoms with E-state index in [0.29, 0.717) is 6.61 Å². The first-order chi connectivity index (χ1) is 8.50. The summed E-state index contributed by atoms with van der Waals surface area (Å²) in [5.41, 5.74) is 7.18. The van der Waals surface area contributed by atoms with E-state index >= 15 is 0 Å². The summed E-state index contributed by atoms with van der Waals surface area (Å²) in [4.78, 5) is 0. The minimum Gasteiger partial charge on any atom is -0.379 e. The van der Waals surface area contributed by atoms with Crippen LogP contribution in [0.1, 0.15) is 45.3 Å². The zero-order valence-corrected chi connectivity index (χ0v) is 12.6. The summed E-state index contributed by atoms with van der Waals surface area (Å²) >= 11 is 1.68. The molecule has 0 bridgehead atoms. The molecule has 0 saturated heterocycles. The second-order valence-corrected chi connectivity index (χ2v) is 5.91. The highest BCUT2D eigenvalue weighted by atomic mass is 32.1. The first kappa shape index (κ1) is 15.6. The van der Waals surface area contributed by atoms with Crippen molar-refractivity contribution in [2.45, 2.75) is 51.4 Å². The molecule has 4 heteroatoms. The van der Waals surface area contributed by atoms with Crippen LogP contribution in [-0.2, 0) is 9.47 Å². The molecule has 0 radical (unpaired) electrons. The fourth-order valence-corrected chi connectivity index (χ4v) is 2.34. The second-order valence-electron chi connectivity index (χ2n) is 5.13. The lowest BCUT2D eigenvalue weighted by atomic mass is 10.0. The Balaban J connectivity index is 2.53. The van der Waals surface area contributed by atoms with E-state index in [4.69, 9.17) is 15.2 Å². The molecule has 1 heterocycles. The van der Waals surface area contributed by atoms with Crippen LogP contribution in [0.15, 0.2) is 16.8 Å². The zero-order valence-electron chi connectivity index (χ0n) is 11.8. The lowest BCUT2D eigenvalue weighted by molar-refractivity contribution is -0.0331. The van der Waals surface area contributed by atoms with Crippen LogP contribution >= 0.6 is 11.3 Å². The summed E-state index contributed by atoms with van der Waals surface area (Å²) in [7, 11) is 1.73. The molecule has 0 aromatic carbocycles. The van der Waals surface area contributed by atoms with Gasteiger partial charge in [0.15, 0.2) is 0 Å². The Morgan fingerprint density at radius 3 is 2.67 bits per heavy atom. The second kappa shape index (κ2) is 7.24. The maximum Gasteiger partial charge on any atom is 0.0983 e. The first-order valence-corrected chi connectivity index (χ1v) is 7.39. The van der Waals surface area contributed by atoms with Gasteiger partial charge in [0.1, 0.15) is 0 Å². The van der Waals surface area contributed by atoms with Crippen molar-refractivity contribution in [2.75, 3.05) is 13.7 Å². The monoisotopic (exact) mass is 271 g/mol. The van der Waals surface area contributed by atoms with Crippen LogP contribution in [0.4, 0.5) is 0 Å². The number of nitrogens with two attached hydrogens (primary N) is 1. The Bertz CT molecular complexity index is 325. The predicted molar refractivity (Wildman–Crippen MR) is 77.0 cm³/mol. The van der Waals surface area contributed by atoms with E-state index in [-0.39, 0.29) is 17.7 Å². The van der Waals surface area contributed by atoms with Crippen molar-refractivity contribution in [3.63, 3.8) is 0 Å². The van der Waals surface area contributed by atoms with E-state index < -0.39 is 0 Å². The van der Waals surface area contributed by atoms with E-state index in [1.807, 2.05) is 0 Å². The van der Waals surface area contributed by atoms with E-state index in [1.165, 1.54) is 5.56 Å². The average molecular weight is 271 g/mol. The van der Waals surface area contributed by atoms with Gasteiger partial charge in [0.25, 0.3) is 0 Å². The average Bonchev–Trinajstić information content (AvgIpc) is 2.87. The van der Waals surface area contributed by atoms with Crippen molar-refractivity contribution in [1.29, 1.82) is 0 Å². The fourth-order valence-electron chi connectivity index (χ4n) is 1.65. The Kier molecular flexibility index (Phi) is 6.29. The van der Waals surface area contributed by atoms with Crippen molar-refractivity contribution in [1.82, 2.24) is 0 Å². The molecule has 1 aromatic heterocycles. The van der Waals surface area contributed by atoms with Gasteiger partial charge in [-0.25, -0.2) is 0 Å². The largest absolute Gasteiger partial charge is 0.379 e. The number of hydrogen-bond acceptors (Lipinski definition) is 4. The summed E-state index contributed by atoms with van der Waals surface area (Å²) in [5, 5.41) is 4.18. The molecular formula is C14H25NO2S. The summed E-state index contributed by atoms with van der Waals surface area (Å²) in [6, 6.07) is 2.14. The smallest absolute Gasteiger partial charge is 0.0983 e. The van der Waals surface area contributed by atoms with Gasteiger partial charge in [-0.3, -0.25) is 0 Å². The van der Waals surface area contributed by atoms with E-state index in [2.05, 4.69) is 37.6 Å². The van der Waals surface area contributed by atoms with E-state index in [9.17, 15) is 0 Å². The van der Waals surface area contributed by atoms with Gasteiger partial charge in [0.2, 0.25) is 0 Å². The van der Waals surface area contributed by atoms with Crippen LogP contribution < -0.4 is 5.73 Å². The molecule has 0 fully saturated rings. The maximum absolute atomic E-state index is 6.14. The number of methoxy groups -OCH3 is 1. The van der Waals surface area contributed by atoms with E-state index in [0.717, 1.165) is 12.8 Å². The molecule has 2 atom stereocenters. The Hall–Kier alpha value is -0.420. The number of thiophene rings is 1. The molecule has 1 aromatic rings. The van der Waals surface area contributed by atoms with Gasteiger partial charge >= 0.3 is 0 Å². The molecule has 0 aliphatic rings. The van der Waals surface area contributed by atoms with Gasteiger partial charge in [-0.1, -0.05) is 6.92 Å². The minimum atomic E-state index is -0.143. The summed E-state index contributed by atoms with van der Waals surface area (Å²) in [5.74, 6) is 0. The molecule has 0 spiro atoms. The van der Waals surface area contributed by atoms with Gasteiger partial charge in [0, 0.05) is 13.2 Å². The number of ether oxygens (including phenoxy) is 2. The van der Waals surface area contributed by atoms with Crippen LogP contribution in [0, 0.1) is 0 Å². The number of hydrogen-bond donors (Lipinski definition) is 1. The van der Waals surface area contributed by atoms with Crippen molar-refractivity contribution >= 4 is 11.3 Å². The van der Waals surface area contributed by atoms with Gasteiger partial charge < -0.3 is 15.2 Å². The third-order valence-electron chi connectivity index (χ3n) is 3.29. The predicted octanol–water partition coefficient (Wildman–Crippen LogP) is 3.36.